The van der Waals surface area contributed by atoms with Gasteiger partial charge in [0.2, 0.25) is 5.91 Å². The SMILES string of the molecule is CC(C)(C)OC(=O)NCCNC1CCC(CC(=O)NC2Cc3cccc(C(=O)O)c3OB2O)CC1. The lowest BCUT2D eigenvalue weighted by atomic mass is 9.72. The van der Waals surface area contributed by atoms with Crippen LogP contribution in [0, 0.1) is 5.92 Å². The van der Waals surface area contributed by atoms with E-state index in [0.717, 1.165) is 25.7 Å². The number of rotatable bonds is 8. The molecule has 2 amide bonds. The van der Waals surface area contributed by atoms with Crippen molar-refractivity contribution in [3.8, 4) is 5.75 Å². The summed E-state index contributed by atoms with van der Waals surface area (Å²) in [6.45, 7) is 6.61. The van der Waals surface area contributed by atoms with Crippen molar-refractivity contribution in [2.75, 3.05) is 13.1 Å². The van der Waals surface area contributed by atoms with Gasteiger partial charge in [0, 0.05) is 25.6 Å². The molecule has 1 aliphatic carbocycles. The predicted molar refractivity (Wildman–Crippen MR) is 130 cm³/mol. The topological polar surface area (TPSA) is 146 Å². The lowest BCUT2D eigenvalue weighted by Gasteiger charge is -2.31. The lowest BCUT2D eigenvalue weighted by Crippen LogP contribution is -2.53. The zero-order valence-electron chi connectivity index (χ0n) is 20.6. The summed E-state index contributed by atoms with van der Waals surface area (Å²) in [6, 6.07) is 5.14. The summed E-state index contributed by atoms with van der Waals surface area (Å²) in [5, 5.41) is 28.7. The van der Waals surface area contributed by atoms with Gasteiger partial charge in [0.25, 0.3) is 0 Å². The van der Waals surface area contributed by atoms with Crippen LogP contribution in [0.15, 0.2) is 18.2 Å². The second kappa shape index (κ2) is 11.8. The van der Waals surface area contributed by atoms with Crippen molar-refractivity contribution >= 4 is 25.1 Å². The summed E-state index contributed by atoms with van der Waals surface area (Å²) in [6.07, 6.45) is 3.98. The Morgan fingerprint density at radius 3 is 2.51 bits per heavy atom. The van der Waals surface area contributed by atoms with Gasteiger partial charge in [-0.25, -0.2) is 9.59 Å². The minimum absolute atomic E-state index is 0.00248. The molecule has 1 atom stereocenters. The molecule has 192 valence electrons. The van der Waals surface area contributed by atoms with Gasteiger partial charge in [-0.3, -0.25) is 4.79 Å². The van der Waals surface area contributed by atoms with Crippen LogP contribution in [-0.2, 0) is 16.0 Å². The van der Waals surface area contributed by atoms with E-state index in [-0.39, 0.29) is 23.1 Å². The maximum atomic E-state index is 12.6. The van der Waals surface area contributed by atoms with Crippen molar-refractivity contribution in [3.05, 3.63) is 29.3 Å². The van der Waals surface area contributed by atoms with Gasteiger partial charge in [-0.15, -0.1) is 0 Å². The normalized spacial score (nSPS) is 21.9. The van der Waals surface area contributed by atoms with E-state index in [1.54, 1.807) is 12.1 Å². The Hall–Kier alpha value is -2.79. The highest BCUT2D eigenvalue weighted by Gasteiger charge is 2.38. The molecule has 2 aliphatic rings. The number of amides is 2. The molecule has 1 aromatic rings. The van der Waals surface area contributed by atoms with Gasteiger partial charge >= 0.3 is 19.2 Å². The molecule has 5 N–H and O–H groups in total. The summed E-state index contributed by atoms with van der Waals surface area (Å²) in [5.41, 5.74) is 0.129. The number of carboxylic acids is 1. The monoisotopic (exact) mass is 489 g/mol. The first kappa shape index (κ1) is 26.8. The van der Waals surface area contributed by atoms with Crippen molar-refractivity contribution < 1.29 is 33.9 Å². The van der Waals surface area contributed by atoms with E-state index in [0.29, 0.717) is 37.5 Å². The molecule has 0 bridgehead atoms. The molecule has 1 aliphatic heterocycles. The molecule has 11 heteroatoms. The van der Waals surface area contributed by atoms with Crippen LogP contribution < -0.4 is 20.6 Å². The number of aromatic carboxylic acids is 1. The van der Waals surface area contributed by atoms with Gasteiger partial charge in [-0.05, 0) is 70.4 Å². The largest absolute Gasteiger partial charge is 0.547 e. The Balaban J connectivity index is 1.36. The zero-order chi connectivity index (χ0) is 25.6. The average Bonchev–Trinajstić information content (AvgIpc) is 2.76. The number of carbonyl (C=O) groups excluding carboxylic acids is 2. The van der Waals surface area contributed by atoms with E-state index in [1.165, 1.54) is 6.07 Å². The van der Waals surface area contributed by atoms with E-state index < -0.39 is 30.7 Å². The van der Waals surface area contributed by atoms with Crippen LogP contribution in [0.4, 0.5) is 4.79 Å². The fourth-order valence-electron chi connectivity index (χ4n) is 4.57. The summed E-state index contributed by atoms with van der Waals surface area (Å²) < 4.78 is 10.7. The molecule has 3 rings (SSSR count). The van der Waals surface area contributed by atoms with E-state index in [2.05, 4.69) is 16.0 Å². The van der Waals surface area contributed by atoms with Crippen molar-refractivity contribution in [2.45, 2.75) is 76.9 Å². The highest BCUT2D eigenvalue weighted by atomic mass is 16.6. The lowest BCUT2D eigenvalue weighted by molar-refractivity contribution is -0.122. The number of carbonyl (C=O) groups is 3. The quantitative estimate of drug-likeness (QED) is 0.275. The first-order chi connectivity index (χ1) is 16.5. The Labute approximate surface area is 206 Å². The van der Waals surface area contributed by atoms with E-state index in [1.807, 2.05) is 20.8 Å². The van der Waals surface area contributed by atoms with Gasteiger partial charge in [0.05, 0.1) is 11.5 Å². The van der Waals surface area contributed by atoms with Gasteiger partial charge < -0.3 is 35.5 Å². The second-order valence-electron chi connectivity index (χ2n) is 10.3. The number of carboxylic acid groups (broad SMARTS) is 1. The van der Waals surface area contributed by atoms with Crippen molar-refractivity contribution in [2.24, 2.45) is 5.92 Å². The average molecular weight is 489 g/mol. The molecule has 1 saturated carbocycles. The highest BCUT2D eigenvalue weighted by molar-refractivity contribution is 6.47. The van der Waals surface area contributed by atoms with Crippen molar-refractivity contribution in [3.63, 3.8) is 0 Å². The van der Waals surface area contributed by atoms with Crippen LogP contribution in [0.5, 0.6) is 5.75 Å². The van der Waals surface area contributed by atoms with Crippen LogP contribution in [0.1, 0.15) is 68.8 Å². The molecular weight excluding hydrogens is 453 g/mol. The number of hydrogen-bond donors (Lipinski definition) is 5. The van der Waals surface area contributed by atoms with Gasteiger partial charge in [0.1, 0.15) is 11.4 Å². The molecule has 1 unspecified atom stereocenters. The summed E-state index contributed by atoms with van der Waals surface area (Å²) in [4.78, 5) is 35.7. The summed E-state index contributed by atoms with van der Waals surface area (Å²) in [5.74, 6) is -1.48. The molecule has 1 aromatic carbocycles. The third-order valence-corrected chi connectivity index (χ3v) is 6.24. The molecule has 0 aromatic heterocycles. The molecule has 35 heavy (non-hydrogen) atoms. The standard InChI is InChI=1S/C24H36BN3O7/c1-24(2,3)34-23(32)27-12-11-26-17-9-7-15(8-10-17)13-20(29)28-19-14-16-5-4-6-18(22(30)31)21(16)35-25(19)33/h4-6,15,17,19,26,33H,7-14H2,1-3H3,(H,27,32)(H,28,29)(H,30,31). The smallest absolute Gasteiger partial charge is 0.534 e. The third-order valence-electron chi connectivity index (χ3n) is 6.24. The van der Waals surface area contributed by atoms with E-state index >= 15 is 0 Å². The van der Waals surface area contributed by atoms with Gasteiger partial charge in [-0.2, -0.15) is 0 Å². The number of benzene rings is 1. The van der Waals surface area contributed by atoms with E-state index in [4.69, 9.17) is 9.39 Å². The zero-order valence-corrected chi connectivity index (χ0v) is 20.6. The number of alkyl carbamates (subject to hydrolysis) is 1. The molecule has 1 fully saturated rings. The molecule has 1 heterocycles. The first-order valence-electron chi connectivity index (χ1n) is 12.2. The predicted octanol–water partition coefficient (Wildman–Crippen LogP) is 1.89. The van der Waals surface area contributed by atoms with Crippen LogP contribution >= 0.6 is 0 Å². The molecule has 0 spiro atoms. The number of hydrogen-bond acceptors (Lipinski definition) is 7. The summed E-state index contributed by atoms with van der Waals surface area (Å²) >= 11 is 0. The Morgan fingerprint density at radius 1 is 1.14 bits per heavy atom. The van der Waals surface area contributed by atoms with Crippen LogP contribution in [0.2, 0.25) is 0 Å². The molecule has 10 nitrogen and oxygen atoms in total. The number of nitrogens with one attached hydrogen (secondary N) is 3. The maximum Gasteiger partial charge on any atom is 0.547 e. The van der Waals surface area contributed by atoms with Crippen LogP contribution in [0.3, 0.4) is 0 Å². The minimum atomic E-state index is -1.30. The molecule has 0 radical (unpaired) electrons. The Kier molecular flexibility index (Phi) is 9.01. The summed E-state index contributed by atoms with van der Waals surface area (Å²) in [7, 11) is -1.30. The molecular formula is C24H36BN3O7. The third kappa shape index (κ3) is 8.14. The van der Waals surface area contributed by atoms with Gasteiger partial charge in [-0.1, -0.05) is 12.1 Å². The van der Waals surface area contributed by atoms with Crippen LogP contribution in [0.25, 0.3) is 0 Å². The fraction of sp³-hybridized carbons (Fsp3) is 0.625. The van der Waals surface area contributed by atoms with Crippen LogP contribution in [-0.4, -0.2) is 65.9 Å². The number of fused-ring (bicyclic) bond motifs is 1. The second-order valence-corrected chi connectivity index (χ2v) is 10.3. The van der Waals surface area contributed by atoms with Crippen molar-refractivity contribution in [1.82, 2.24) is 16.0 Å². The number of para-hydroxylation sites is 1. The minimum Gasteiger partial charge on any atom is -0.534 e. The highest BCUT2D eigenvalue weighted by Crippen LogP contribution is 2.31. The maximum absolute atomic E-state index is 12.6. The molecule has 0 saturated heterocycles. The van der Waals surface area contributed by atoms with Gasteiger partial charge in [0.15, 0.2) is 0 Å². The first-order valence-corrected chi connectivity index (χ1v) is 12.2. The van der Waals surface area contributed by atoms with Crippen molar-refractivity contribution in [1.29, 1.82) is 0 Å². The fourth-order valence-corrected chi connectivity index (χ4v) is 4.57. The Morgan fingerprint density at radius 2 is 1.86 bits per heavy atom. The van der Waals surface area contributed by atoms with E-state index in [9.17, 15) is 24.5 Å². The number of ether oxygens (including phenoxy) is 1. The Bertz CT molecular complexity index is 913.